The molecule has 0 aliphatic rings. The molecule has 1 rings (SSSR count). The number of nitrogens with one attached hydrogen (secondary N) is 1. The Labute approximate surface area is 97.7 Å². The van der Waals surface area contributed by atoms with Crippen LogP contribution in [-0.4, -0.2) is 13.2 Å². The number of aryl methyl sites for hydroxylation is 1. The number of hydrogen-bond acceptors (Lipinski definition) is 2. The minimum Gasteiger partial charge on any atom is -0.433 e. The van der Waals surface area contributed by atoms with Gasteiger partial charge in [-0.05, 0) is 24.1 Å². The van der Waals surface area contributed by atoms with Crippen LogP contribution in [0.3, 0.4) is 0 Å². The molecule has 90 valence electrons. The van der Waals surface area contributed by atoms with Gasteiger partial charge in [-0.25, -0.2) is 5.09 Å². The first-order valence-corrected chi connectivity index (χ1v) is 7.75. The summed E-state index contributed by atoms with van der Waals surface area (Å²) in [5.74, 6) is 0.659. The Morgan fingerprint density at radius 1 is 1.25 bits per heavy atom. The highest BCUT2D eigenvalue weighted by atomic mass is 31.2. The summed E-state index contributed by atoms with van der Waals surface area (Å²) in [6, 6.07) is 7.78. The summed E-state index contributed by atoms with van der Waals surface area (Å²) in [7, 11) is -2.69. The van der Waals surface area contributed by atoms with Crippen LogP contribution in [-0.2, 0) is 11.0 Å². The third-order valence-corrected chi connectivity index (χ3v) is 3.64. The molecule has 1 aromatic carbocycles. The van der Waals surface area contributed by atoms with Crippen LogP contribution in [0.2, 0.25) is 0 Å². The van der Waals surface area contributed by atoms with E-state index in [9.17, 15) is 4.57 Å². The smallest absolute Gasteiger partial charge is 0.313 e. The maximum Gasteiger partial charge on any atom is 0.313 e. The van der Waals surface area contributed by atoms with E-state index in [0.717, 1.165) is 12.8 Å². The average Bonchev–Trinajstić information content (AvgIpc) is 2.21. The maximum atomic E-state index is 11.9. The lowest BCUT2D eigenvalue weighted by molar-refractivity contribution is 0.475. The van der Waals surface area contributed by atoms with E-state index in [1.807, 2.05) is 31.2 Å². The number of benzene rings is 1. The SMILES string of the molecule is CCCc1ccc(OP(C)(=O)NCC)cc1. The number of hydrogen-bond donors (Lipinski definition) is 1. The fourth-order valence-electron chi connectivity index (χ4n) is 1.53. The Morgan fingerprint density at radius 3 is 2.38 bits per heavy atom. The molecule has 0 aromatic heterocycles. The monoisotopic (exact) mass is 241 g/mol. The number of rotatable bonds is 6. The highest BCUT2D eigenvalue weighted by molar-refractivity contribution is 7.56. The van der Waals surface area contributed by atoms with Crippen LogP contribution in [0.4, 0.5) is 0 Å². The van der Waals surface area contributed by atoms with Gasteiger partial charge in [0.1, 0.15) is 5.75 Å². The van der Waals surface area contributed by atoms with Gasteiger partial charge in [-0.3, -0.25) is 4.57 Å². The van der Waals surface area contributed by atoms with Crippen LogP contribution in [0.5, 0.6) is 5.75 Å². The largest absolute Gasteiger partial charge is 0.433 e. The van der Waals surface area contributed by atoms with Gasteiger partial charge in [0.15, 0.2) is 0 Å². The second kappa shape index (κ2) is 6.07. The molecular weight excluding hydrogens is 221 g/mol. The highest BCUT2D eigenvalue weighted by Crippen LogP contribution is 2.38. The van der Waals surface area contributed by atoms with E-state index in [1.54, 1.807) is 6.66 Å². The van der Waals surface area contributed by atoms with Gasteiger partial charge < -0.3 is 4.52 Å². The summed E-state index contributed by atoms with van der Waals surface area (Å²) in [4.78, 5) is 0. The molecule has 0 saturated heterocycles. The zero-order chi connectivity index (χ0) is 12.0. The molecule has 0 heterocycles. The minimum absolute atomic E-state index is 0.641. The molecule has 1 aromatic rings. The lowest BCUT2D eigenvalue weighted by Gasteiger charge is -2.15. The Balaban J connectivity index is 2.64. The Morgan fingerprint density at radius 2 is 1.88 bits per heavy atom. The molecule has 0 aliphatic heterocycles. The summed E-state index contributed by atoms with van der Waals surface area (Å²) in [5.41, 5.74) is 1.28. The predicted molar refractivity (Wildman–Crippen MR) is 68.3 cm³/mol. The third kappa shape index (κ3) is 4.38. The summed E-state index contributed by atoms with van der Waals surface area (Å²) < 4.78 is 17.3. The summed E-state index contributed by atoms with van der Waals surface area (Å²) in [5, 5.41) is 2.84. The van der Waals surface area contributed by atoms with E-state index in [0.29, 0.717) is 12.3 Å². The molecular formula is C12H20NO2P. The molecule has 0 saturated carbocycles. The first-order chi connectivity index (χ1) is 7.57. The van der Waals surface area contributed by atoms with Crippen molar-refractivity contribution >= 4 is 7.52 Å². The molecule has 1 atom stereocenters. The molecule has 3 nitrogen and oxygen atoms in total. The van der Waals surface area contributed by atoms with E-state index in [2.05, 4.69) is 12.0 Å². The molecule has 1 N–H and O–H groups in total. The molecule has 0 bridgehead atoms. The zero-order valence-electron chi connectivity index (χ0n) is 10.2. The van der Waals surface area contributed by atoms with Crippen molar-refractivity contribution in [3.05, 3.63) is 29.8 Å². The van der Waals surface area contributed by atoms with Crippen LogP contribution < -0.4 is 9.61 Å². The molecule has 0 fully saturated rings. The first kappa shape index (κ1) is 13.3. The summed E-state index contributed by atoms with van der Waals surface area (Å²) >= 11 is 0. The molecule has 0 radical (unpaired) electrons. The molecule has 0 aliphatic carbocycles. The molecule has 0 amide bonds. The van der Waals surface area contributed by atoms with Gasteiger partial charge in [0.2, 0.25) is 0 Å². The van der Waals surface area contributed by atoms with Gasteiger partial charge in [-0.1, -0.05) is 32.4 Å². The van der Waals surface area contributed by atoms with Gasteiger partial charge in [0, 0.05) is 13.2 Å². The lowest BCUT2D eigenvalue weighted by Crippen LogP contribution is -2.12. The van der Waals surface area contributed by atoms with E-state index in [4.69, 9.17) is 4.52 Å². The Bertz CT molecular complexity index is 362. The van der Waals surface area contributed by atoms with Crippen molar-refractivity contribution in [3.8, 4) is 5.75 Å². The third-order valence-electron chi connectivity index (χ3n) is 2.19. The minimum atomic E-state index is -2.69. The highest BCUT2D eigenvalue weighted by Gasteiger charge is 2.14. The van der Waals surface area contributed by atoms with Crippen molar-refractivity contribution in [1.82, 2.24) is 5.09 Å². The second-order valence-electron chi connectivity index (χ2n) is 3.84. The second-order valence-corrected chi connectivity index (χ2v) is 6.03. The topological polar surface area (TPSA) is 38.3 Å². The standard InChI is InChI=1S/C12H20NO2P/c1-4-6-11-7-9-12(10-8-11)15-16(3,14)13-5-2/h7-10H,4-6H2,1-3H3,(H,13,14). The van der Waals surface area contributed by atoms with Crippen molar-refractivity contribution in [3.63, 3.8) is 0 Å². The average molecular weight is 241 g/mol. The van der Waals surface area contributed by atoms with E-state index in [-0.39, 0.29) is 0 Å². The van der Waals surface area contributed by atoms with Crippen LogP contribution in [0.15, 0.2) is 24.3 Å². The van der Waals surface area contributed by atoms with Crippen molar-refractivity contribution in [2.45, 2.75) is 26.7 Å². The summed E-state index contributed by atoms with van der Waals surface area (Å²) in [6.45, 7) is 6.29. The normalized spacial score (nSPS) is 14.4. The molecule has 1 unspecified atom stereocenters. The predicted octanol–water partition coefficient (Wildman–Crippen LogP) is 3.45. The van der Waals surface area contributed by atoms with Crippen LogP contribution >= 0.6 is 7.52 Å². The van der Waals surface area contributed by atoms with E-state index >= 15 is 0 Å². The quantitative estimate of drug-likeness (QED) is 0.775. The first-order valence-electron chi connectivity index (χ1n) is 5.68. The van der Waals surface area contributed by atoms with Gasteiger partial charge in [-0.15, -0.1) is 0 Å². The van der Waals surface area contributed by atoms with Crippen LogP contribution in [0.1, 0.15) is 25.8 Å². The van der Waals surface area contributed by atoms with Gasteiger partial charge in [-0.2, -0.15) is 0 Å². The molecule has 16 heavy (non-hydrogen) atoms. The fraction of sp³-hybridized carbons (Fsp3) is 0.500. The molecule has 0 spiro atoms. The van der Waals surface area contributed by atoms with Crippen LogP contribution in [0, 0.1) is 0 Å². The van der Waals surface area contributed by atoms with Gasteiger partial charge >= 0.3 is 7.52 Å². The maximum absolute atomic E-state index is 11.9. The van der Waals surface area contributed by atoms with Crippen LogP contribution in [0.25, 0.3) is 0 Å². The fourth-order valence-corrected chi connectivity index (χ4v) is 2.69. The van der Waals surface area contributed by atoms with Crippen molar-refractivity contribution in [2.75, 3.05) is 13.2 Å². The lowest BCUT2D eigenvalue weighted by atomic mass is 10.1. The Kier molecular flexibility index (Phi) is 5.04. The van der Waals surface area contributed by atoms with E-state index in [1.165, 1.54) is 5.56 Å². The van der Waals surface area contributed by atoms with E-state index < -0.39 is 7.52 Å². The molecule has 4 heteroatoms. The van der Waals surface area contributed by atoms with Gasteiger partial charge in [0.05, 0.1) is 0 Å². The summed E-state index contributed by atoms with van der Waals surface area (Å²) in [6.07, 6.45) is 2.20. The zero-order valence-corrected chi connectivity index (χ0v) is 11.1. The van der Waals surface area contributed by atoms with Crippen molar-refractivity contribution in [2.24, 2.45) is 0 Å². The Hall–Kier alpha value is -0.790. The van der Waals surface area contributed by atoms with Crippen molar-refractivity contribution < 1.29 is 9.09 Å². The van der Waals surface area contributed by atoms with Gasteiger partial charge in [0.25, 0.3) is 0 Å². The van der Waals surface area contributed by atoms with Crippen molar-refractivity contribution in [1.29, 1.82) is 0 Å².